The molecule has 0 fully saturated rings. The smallest absolute Gasteiger partial charge is 1.00 e. The first-order valence-electron chi connectivity index (χ1n) is 6.69. The van der Waals surface area contributed by atoms with E-state index < -0.39 is 8.32 Å². The van der Waals surface area contributed by atoms with E-state index in [0.29, 0.717) is 0 Å². The molecule has 0 radical (unpaired) electrons. The summed E-state index contributed by atoms with van der Waals surface area (Å²) < 4.78 is 0. The first-order chi connectivity index (χ1) is 9.82. The van der Waals surface area contributed by atoms with Crippen LogP contribution in [0.25, 0.3) is 0 Å². The molecule has 0 bridgehead atoms. The molecule has 0 aliphatic heterocycles. The Bertz CT molecular complexity index is 581. The van der Waals surface area contributed by atoms with E-state index in [1.165, 1.54) is 0 Å². The van der Waals surface area contributed by atoms with Gasteiger partial charge in [-0.25, -0.2) is 0 Å². The molecular formula is C18H15ClMgOSi. The molecule has 0 saturated heterocycles. The summed E-state index contributed by atoms with van der Waals surface area (Å²) in [7, 11) is -3.13. The van der Waals surface area contributed by atoms with Crippen molar-refractivity contribution in [1.29, 1.82) is 0 Å². The van der Waals surface area contributed by atoms with Crippen LogP contribution in [-0.4, -0.2) is 31.4 Å². The van der Waals surface area contributed by atoms with Crippen LogP contribution >= 0.6 is 0 Å². The van der Waals surface area contributed by atoms with Crippen LogP contribution in [0, 0.1) is 0 Å². The maximum Gasteiger partial charge on any atom is 2.00 e. The Kier molecular flexibility index (Phi) is 7.32. The maximum absolute atomic E-state index is 13.8. The van der Waals surface area contributed by atoms with Gasteiger partial charge in [-0.3, -0.25) is 0 Å². The summed E-state index contributed by atoms with van der Waals surface area (Å²) in [5, 5.41) is 2.70. The zero-order valence-electron chi connectivity index (χ0n) is 12.2. The summed E-state index contributed by atoms with van der Waals surface area (Å²) in [5.74, 6) is 0. The zero-order valence-corrected chi connectivity index (χ0v) is 15.3. The second-order valence-electron chi connectivity index (χ2n) is 4.78. The fourth-order valence-electron chi connectivity index (χ4n) is 2.52. The summed E-state index contributed by atoms with van der Waals surface area (Å²) >= 11 is 0. The number of hydrogen-bond donors (Lipinski definition) is 0. The van der Waals surface area contributed by atoms with Crippen molar-refractivity contribution in [2.24, 2.45) is 0 Å². The van der Waals surface area contributed by atoms with Crippen LogP contribution in [0.3, 0.4) is 0 Å². The molecule has 0 heterocycles. The second kappa shape index (κ2) is 8.51. The molecule has 22 heavy (non-hydrogen) atoms. The van der Waals surface area contributed by atoms with E-state index in [1.807, 2.05) is 91.0 Å². The molecule has 0 N–H and O–H groups in total. The molecule has 0 aliphatic rings. The molecule has 4 heteroatoms. The standard InChI is InChI=1S/C18H15OSi.ClH.Mg/c19-20(16-10-4-1-5-11-16,17-12-6-2-7-13-17)18-14-8-3-9-15-18;;/h1-15H;1H;/q-1;;+2/p-1. The number of halogens is 1. The van der Waals surface area contributed by atoms with Crippen molar-refractivity contribution in [2.45, 2.75) is 0 Å². The van der Waals surface area contributed by atoms with Gasteiger partial charge < -0.3 is 17.2 Å². The second-order valence-corrected chi connectivity index (χ2v) is 7.87. The monoisotopic (exact) mass is 334 g/mol. The van der Waals surface area contributed by atoms with Gasteiger partial charge in [-0.1, -0.05) is 107 Å². The molecule has 3 aromatic rings. The van der Waals surface area contributed by atoms with Crippen molar-refractivity contribution in [1.82, 2.24) is 0 Å². The van der Waals surface area contributed by atoms with E-state index in [1.54, 1.807) is 0 Å². The topological polar surface area (TPSA) is 23.1 Å². The van der Waals surface area contributed by atoms with Gasteiger partial charge in [0.2, 0.25) is 0 Å². The summed E-state index contributed by atoms with van der Waals surface area (Å²) in [4.78, 5) is 13.8. The molecule has 0 saturated carbocycles. The van der Waals surface area contributed by atoms with Gasteiger partial charge in [-0.2, -0.15) is 0 Å². The Hall–Kier alpha value is -1.11. The normalized spacial score (nSPS) is 10.2. The summed E-state index contributed by atoms with van der Waals surface area (Å²) in [5.41, 5.74) is 0. The van der Waals surface area contributed by atoms with Gasteiger partial charge in [0, 0.05) is 0 Å². The van der Waals surface area contributed by atoms with Crippen LogP contribution < -0.4 is 32.8 Å². The third kappa shape index (κ3) is 3.62. The van der Waals surface area contributed by atoms with Gasteiger partial charge in [-0.15, -0.1) is 0 Å². The van der Waals surface area contributed by atoms with Crippen molar-refractivity contribution < 1.29 is 17.2 Å². The van der Waals surface area contributed by atoms with Crippen LogP contribution in [0.5, 0.6) is 0 Å². The predicted molar refractivity (Wildman–Crippen MR) is 89.7 cm³/mol. The molecule has 0 aromatic heterocycles. The number of rotatable bonds is 3. The van der Waals surface area contributed by atoms with E-state index in [0.717, 1.165) is 15.6 Å². The Morgan fingerprint density at radius 3 is 0.955 bits per heavy atom. The Morgan fingerprint density at radius 2 is 0.727 bits per heavy atom. The Morgan fingerprint density at radius 1 is 0.500 bits per heavy atom. The largest absolute Gasteiger partial charge is 2.00 e. The third-order valence-corrected chi connectivity index (χ3v) is 6.98. The molecular weight excluding hydrogens is 320 g/mol. The third-order valence-electron chi connectivity index (χ3n) is 3.54. The number of hydrogen-bond acceptors (Lipinski definition) is 1. The van der Waals surface area contributed by atoms with Crippen LogP contribution in [0.2, 0.25) is 0 Å². The molecule has 0 aliphatic carbocycles. The van der Waals surface area contributed by atoms with E-state index >= 15 is 0 Å². The quantitative estimate of drug-likeness (QED) is 0.388. The summed E-state index contributed by atoms with van der Waals surface area (Å²) in [6, 6.07) is 29.3. The molecule has 3 aromatic carbocycles. The van der Waals surface area contributed by atoms with E-state index in [9.17, 15) is 4.80 Å². The predicted octanol–water partition coefficient (Wildman–Crippen LogP) is -2.36. The molecule has 0 atom stereocenters. The van der Waals surface area contributed by atoms with Crippen LogP contribution in [0.15, 0.2) is 91.0 Å². The average Bonchev–Trinajstić information content (AvgIpc) is 2.56. The molecule has 0 amide bonds. The first-order valence-corrected chi connectivity index (χ1v) is 8.59. The van der Waals surface area contributed by atoms with Crippen molar-refractivity contribution >= 4 is 46.9 Å². The molecule has 106 valence electrons. The minimum atomic E-state index is -3.13. The van der Waals surface area contributed by atoms with Crippen LogP contribution in [-0.2, 0) is 0 Å². The Balaban J connectivity index is 0.00000121. The summed E-state index contributed by atoms with van der Waals surface area (Å²) in [6.45, 7) is 0. The fraction of sp³-hybridized carbons (Fsp3) is 0. The number of benzene rings is 3. The molecule has 1 nitrogen and oxygen atoms in total. The van der Waals surface area contributed by atoms with Crippen LogP contribution in [0.1, 0.15) is 0 Å². The Labute approximate surface area is 154 Å². The zero-order chi connectivity index (χ0) is 13.8. The molecule has 3 rings (SSSR count). The summed E-state index contributed by atoms with van der Waals surface area (Å²) in [6.07, 6.45) is 0. The van der Waals surface area contributed by atoms with Gasteiger partial charge in [0.1, 0.15) is 0 Å². The van der Waals surface area contributed by atoms with Gasteiger partial charge in [0.25, 0.3) is 0 Å². The van der Waals surface area contributed by atoms with E-state index in [4.69, 9.17) is 0 Å². The van der Waals surface area contributed by atoms with Crippen LogP contribution in [0.4, 0.5) is 0 Å². The van der Waals surface area contributed by atoms with E-state index in [2.05, 4.69) is 0 Å². The van der Waals surface area contributed by atoms with Crippen molar-refractivity contribution in [2.75, 3.05) is 0 Å². The van der Waals surface area contributed by atoms with E-state index in [-0.39, 0.29) is 35.5 Å². The SMILES string of the molecule is [Cl-].[Mg+2].[O-][Si](c1ccccc1)(c1ccccc1)c1ccccc1. The molecule has 0 spiro atoms. The maximum atomic E-state index is 13.8. The minimum Gasteiger partial charge on any atom is -1.00 e. The van der Waals surface area contributed by atoms with Crippen molar-refractivity contribution in [3.05, 3.63) is 91.0 Å². The van der Waals surface area contributed by atoms with Gasteiger partial charge in [-0.05, 0) is 0 Å². The van der Waals surface area contributed by atoms with Crippen molar-refractivity contribution in [3.8, 4) is 0 Å². The molecule has 0 unspecified atom stereocenters. The fourth-order valence-corrected chi connectivity index (χ4v) is 5.50. The average molecular weight is 335 g/mol. The van der Waals surface area contributed by atoms with Crippen molar-refractivity contribution in [3.63, 3.8) is 0 Å². The van der Waals surface area contributed by atoms with Gasteiger partial charge in [0.05, 0.1) is 8.32 Å². The van der Waals surface area contributed by atoms with Gasteiger partial charge in [0.15, 0.2) is 0 Å². The minimum absolute atomic E-state index is 0. The first kappa shape index (κ1) is 18.9. The van der Waals surface area contributed by atoms with Gasteiger partial charge >= 0.3 is 23.1 Å².